The zero-order chi connectivity index (χ0) is 16.2. The number of carbonyl (C=O) groups is 2. The lowest BCUT2D eigenvalue weighted by Crippen LogP contribution is -2.54. The molecule has 1 aromatic rings. The number of hydrogen-bond acceptors (Lipinski definition) is 4. The van der Waals surface area contributed by atoms with Crippen LogP contribution in [0.25, 0.3) is 0 Å². The van der Waals surface area contributed by atoms with Crippen LogP contribution in [-0.4, -0.2) is 67.0 Å². The number of ether oxygens (including phenoxy) is 1. The second-order valence-corrected chi connectivity index (χ2v) is 6.21. The fourth-order valence-corrected chi connectivity index (χ4v) is 3.16. The highest BCUT2D eigenvalue weighted by Crippen LogP contribution is 2.24. The van der Waals surface area contributed by atoms with Crippen molar-refractivity contribution >= 4 is 11.8 Å². The fourth-order valence-electron chi connectivity index (χ4n) is 3.16. The zero-order valence-electron chi connectivity index (χ0n) is 13.4. The van der Waals surface area contributed by atoms with Gasteiger partial charge in [0.05, 0.1) is 25.3 Å². The van der Waals surface area contributed by atoms with E-state index in [1.54, 1.807) is 4.90 Å². The number of morpholine rings is 1. The third-order valence-corrected chi connectivity index (χ3v) is 4.26. The van der Waals surface area contributed by atoms with Gasteiger partial charge in [-0.3, -0.25) is 14.5 Å². The second-order valence-electron chi connectivity index (χ2n) is 6.21. The van der Waals surface area contributed by atoms with Gasteiger partial charge in [-0.05, 0) is 12.5 Å². The highest BCUT2D eigenvalue weighted by Gasteiger charge is 2.29. The zero-order valence-corrected chi connectivity index (χ0v) is 13.4. The van der Waals surface area contributed by atoms with E-state index in [1.807, 2.05) is 25.1 Å². The van der Waals surface area contributed by atoms with Gasteiger partial charge in [-0.1, -0.05) is 30.3 Å². The fraction of sp³-hybridized carbons (Fsp3) is 0.529. The van der Waals surface area contributed by atoms with Crippen LogP contribution in [0.1, 0.15) is 18.6 Å². The Kier molecular flexibility index (Phi) is 4.93. The normalized spacial score (nSPS) is 26.0. The molecule has 0 bridgehead atoms. The van der Waals surface area contributed by atoms with Crippen molar-refractivity contribution in [2.45, 2.75) is 19.1 Å². The molecule has 2 unspecified atom stereocenters. The van der Waals surface area contributed by atoms with E-state index in [9.17, 15) is 9.59 Å². The van der Waals surface area contributed by atoms with Crippen LogP contribution in [0, 0.1) is 0 Å². The Balaban J connectivity index is 1.61. The smallest absolute Gasteiger partial charge is 0.239 e. The van der Waals surface area contributed by atoms with E-state index in [0.717, 1.165) is 12.1 Å². The van der Waals surface area contributed by atoms with E-state index in [4.69, 9.17) is 4.74 Å². The first kappa shape index (κ1) is 16.0. The Morgan fingerprint density at radius 2 is 2.09 bits per heavy atom. The summed E-state index contributed by atoms with van der Waals surface area (Å²) in [7, 11) is 0. The first-order chi connectivity index (χ1) is 11.1. The Morgan fingerprint density at radius 3 is 2.83 bits per heavy atom. The molecule has 23 heavy (non-hydrogen) atoms. The van der Waals surface area contributed by atoms with Gasteiger partial charge < -0.3 is 15.0 Å². The van der Waals surface area contributed by atoms with Gasteiger partial charge in [0.25, 0.3) is 0 Å². The van der Waals surface area contributed by atoms with E-state index in [0.29, 0.717) is 26.2 Å². The van der Waals surface area contributed by atoms with Crippen LogP contribution in [-0.2, 0) is 14.3 Å². The van der Waals surface area contributed by atoms with Crippen LogP contribution in [0.5, 0.6) is 0 Å². The van der Waals surface area contributed by atoms with Crippen molar-refractivity contribution in [1.29, 1.82) is 0 Å². The first-order valence-corrected chi connectivity index (χ1v) is 8.09. The number of nitrogens with one attached hydrogen (secondary N) is 1. The van der Waals surface area contributed by atoms with Crippen molar-refractivity contribution in [3.8, 4) is 0 Å². The first-order valence-electron chi connectivity index (χ1n) is 8.09. The summed E-state index contributed by atoms with van der Waals surface area (Å²) in [6, 6.07) is 10.1. The Labute approximate surface area is 136 Å². The lowest BCUT2D eigenvalue weighted by atomic mass is 10.1. The number of carbonyl (C=O) groups excluding carboxylic acids is 2. The third-order valence-electron chi connectivity index (χ3n) is 4.26. The van der Waals surface area contributed by atoms with Crippen LogP contribution in [0.15, 0.2) is 30.3 Å². The highest BCUT2D eigenvalue weighted by molar-refractivity contribution is 5.86. The van der Waals surface area contributed by atoms with Crippen molar-refractivity contribution in [1.82, 2.24) is 15.1 Å². The SMILES string of the molecule is CC1CN(CC(=O)N2CCNC(=O)C2)CC(c2ccccc2)O1. The molecule has 0 aromatic heterocycles. The number of nitrogens with zero attached hydrogens (tertiary/aromatic N) is 2. The summed E-state index contributed by atoms with van der Waals surface area (Å²) in [5.74, 6) is -0.0668. The molecule has 2 saturated heterocycles. The number of hydrogen-bond donors (Lipinski definition) is 1. The standard InChI is InChI=1S/C17H23N3O3/c1-13-9-19(10-15(23-13)14-5-3-2-4-6-14)12-17(22)20-8-7-18-16(21)11-20/h2-6,13,15H,7-12H2,1H3,(H,18,21). The molecule has 1 N–H and O–H groups in total. The van der Waals surface area contributed by atoms with E-state index in [1.165, 1.54) is 0 Å². The highest BCUT2D eigenvalue weighted by atomic mass is 16.5. The summed E-state index contributed by atoms with van der Waals surface area (Å²) in [6.07, 6.45) is 0.0591. The summed E-state index contributed by atoms with van der Waals surface area (Å²) >= 11 is 0. The van der Waals surface area contributed by atoms with E-state index < -0.39 is 0 Å². The van der Waals surface area contributed by atoms with Crippen LogP contribution in [0.3, 0.4) is 0 Å². The number of benzene rings is 1. The molecule has 0 radical (unpaired) electrons. The van der Waals surface area contributed by atoms with Gasteiger partial charge in [0.2, 0.25) is 11.8 Å². The van der Waals surface area contributed by atoms with Gasteiger partial charge in [0, 0.05) is 26.2 Å². The molecule has 3 rings (SSSR count). The molecule has 2 aliphatic rings. The lowest BCUT2D eigenvalue weighted by molar-refractivity contribution is -0.142. The van der Waals surface area contributed by atoms with Crippen LogP contribution >= 0.6 is 0 Å². The van der Waals surface area contributed by atoms with Gasteiger partial charge in [-0.25, -0.2) is 0 Å². The number of amides is 2. The third kappa shape index (κ3) is 4.09. The molecule has 2 atom stereocenters. The molecule has 2 heterocycles. The molecule has 0 aliphatic carbocycles. The predicted molar refractivity (Wildman–Crippen MR) is 85.8 cm³/mol. The minimum absolute atomic E-state index is 0.0146. The minimum Gasteiger partial charge on any atom is -0.368 e. The lowest BCUT2D eigenvalue weighted by Gasteiger charge is -2.38. The molecule has 6 heteroatoms. The van der Waals surface area contributed by atoms with E-state index in [2.05, 4.69) is 22.3 Å². The summed E-state index contributed by atoms with van der Waals surface area (Å²) in [6.45, 7) is 5.09. The van der Waals surface area contributed by atoms with Crippen LogP contribution in [0.4, 0.5) is 0 Å². The summed E-state index contributed by atoms with van der Waals surface area (Å²) in [5, 5.41) is 2.74. The monoisotopic (exact) mass is 317 g/mol. The molecule has 124 valence electrons. The summed E-state index contributed by atoms with van der Waals surface area (Å²) in [4.78, 5) is 27.6. The molecule has 2 aliphatic heterocycles. The van der Waals surface area contributed by atoms with Gasteiger partial charge in [-0.2, -0.15) is 0 Å². The topological polar surface area (TPSA) is 61.9 Å². The maximum Gasteiger partial charge on any atom is 0.239 e. The average Bonchev–Trinajstić information content (AvgIpc) is 2.55. The molecule has 0 spiro atoms. The van der Waals surface area contributed by atoms with Gasteiger partial charge in [0.1, 0.15) is 0 Å². The number of piperazine rings is 1. The maximum atomic E-state index is 12.4. The molecule has 0 saturated carbocycles. The molecule has 1 aromatic carbocycles. The Bertz CT molecular complexity index is 563. The van der Waals surface area contributed by atoms with Crippen LogP contribution < -0.4 is 5.32 Å². The molecule has 2 amide bonds. The Hall–Kier alpha value is -1.92. The number of rotatable bonds is 3. The van der Waals surface area contributed by atoms with Crippen molar-refractivity contribution in [3.63, 3.8) is 0 Å². The van der Waals surface area contributed by atoms with Crippen molar-refractivity contribution in [2.24, 2.45) is 0 Å². The van der Waals surface area contributed by atoms with Gasteiger partial charge in [-0.15, -0.1) is 0 Å². The molecular formula is C17H23N3O3. The minimum atomic E-state index is -0.0814. The van der Waals surface area contributed by atoms with Crippen molar-refractivity contribution in [3.05, 3.63) is 35.9 Å². The Morgan fingerprint density at radius 1 is 1.30 bits per heavy atom. The summed E-state index contributed by atoms with van der Waals surface area (Å²) < 4.78 is 6.02. The van der Waals surface area contributed by atoms with E-state index in [-0.39, 0.29) is 30.6 Å². The largest absolute Gasteiger partial charge is 0.368 e. The van der Waals surface area contributed by atoms with Gasteiger partial charge >= 0.3 is 0 Å². The van der Waals surface area contributed by atoms with Gasteiger partial charge in [0.15, 0.2) is 0 Å². The quantitative estimate of drug-likeness (QED) is 0.877. The molecular weight excluding hydrogens is 294 g/mol. The molecule has 2 fully saturated rings. The average molecular weight is 317 g/mol. The van der Waals surface area contributed by atoms with E-state index >= 15 is 0 Å². The summed E-state index contributed by atoms with van der Waals surface area (Å²) in [5.41, 5.74) is 1.13. The van der Waals surface area contributed by atoms with Crippen molar-refractivity contribution < 1.29 is 14.3 Å². The second kappa shape index (κ2) is 7.10. The molecule has 6 nitrogen and oxygen atoms in total. The van der Waals surface area contributed by atoms with Crippen molar-refractivity contribution in [2.75, 3.05) is 39.3 Å². The predicted octanol–water partition coefficient (Wildman–Crippen LogP) is 0.407. The maximum absolute atomic E-state index is 12.4. The van der Waals surface area contributed by atoms with Crippen LogP contribution in [0.2, 0.25) is 0 Å².